The van der Waals surface area contributed by atoms with E-state index in [2.05, 4.69) is 9.72 Å². The minimum absolute atomic E-state index is 0.0297. The van der Waals surface area contributed by atoms with Gasteiger partial charge in [-0.3, -0.25) is 14.2 Å². The van der Waals surface area contributed by atoms with Gasteiger partial charge < -0.3 is 14.2 Å². The highest BCUT2D eigenvalue weighted by atomic mass is 32.2. The number of nitrogens with zero attached hydrogens (tertiary/aromatic N) is 2. The van der Waals surface area contributed by atoms with Crippen molar-refractivity contribution >= 4 is 21.8 Å². The summed E-state index contributed by atoms with van der Waals surface area (Å²) in [7, 11) is -3.00. The molecular weight excluding hydrogens is 404 g/mol. The van der Waals surface area contributed by atoms with E-state index in [1.165, 1.54) is 0 Å². The average molecular weight is 424 g/mol. The maximum Gasteiger partial charge on any atom is 0.361 e. The summed E-state index contributed by atoms with van der Waals surface area (Å²) in [5.41, 5.74) is -0.924. The fourth-order valence-electron chi connectivity index (χ4n) is 2.33. The summed E-state index contributed by atoms with van der Waals surface area (Å²) < 4.78 is 39.7. The van der Waals surface area contributed by atoms with Crippen LogP contribution in [0.5, 0.6) is 5.75 Å². The molecule has 0 unspecified atom stereocenters. The highest BCUT2D eigenvalue weighted by molar-refractivity contribution is 7.90. The molecule has 10 nitrogen and oxygen atoms in total. The molecule has 11 heteroatoms. The predicted molar refractivity (Wildman–Crippen MR) is 100 cm³/mol. The molecule has 29 heavy (non-hydrogen) atoms. The monoisotopic (exact) mass is 424 g/mol. The highest BCUT2D eigenvalue weighted by Crippen LogP contribution is 2.18. The molecule has 0 amide bonds. The summed E-state index contributed by atoms with van der Waals surface area (Å²) in [5, 5.41) is -0.775. The number of esters is 2. The van der Waals surface area contributed by atoms with Crippen molar-refractivity contribution in [1.29, 1.82) is 0 Å². The summed E-state index contributed by atoms with van der Waals surface area (Å²) in [6.45, 7) is 0.687. The molecule has 0 saturated carbocycles. The van der Waals surface area contributed by atoms with Crippen LogP contribution in [0.15, 0.2) is 40.3 Å². The quantitative estimate of drug-likeness (QED) is 0.441. The van der Waals surface area contributed by atoms with Gasteiger partial charge in [0.2, 0.25) is 20.7 Å². The second-order valence-corrected chi connectivity index (χ2v) is 7.72. The highest BCUT2D eigenvalue weighted by Gasteiger charge is 2.29. The molecule has 2 rings (SSSR count). The molecule has 1 heterocycles. The van der Waals surface area contributed by atoms with Gasteiger partial charge in [0.05, 0.1) is 13.7 Å². The third-order valence-electron chi connectivity index (χ3n) is 3.63. The van der Waals surface area contributed by atoms with Gasteiger partial charge in [-0.05, 0) is 12.5 Å². The van der Waals surface area contributed by atoms with Crippen molar-refractivity contribution in [3.63, 3.8) is 0 Å². The van der Waals surface area contributed by atoms with Gasteiger partial charge in [-0.25, -0.2) is 18.2 Å². The summed E-state index contributed by atoms with van der Waals surface area (Å²) in [6, 6.07) is 8.76. The Balaban J connectivity index is 2.66. The summed E-state index contributed by atoms with van der Waals surface area (Å²) >= 11 is 0. The molecule has 0 aliphatic heterocycles. The Morgan fingerprint density at radius 2 is 1.83 bits per heavy atom. The van der Waals surface area contributed by atoms with Gasteiger partial charge in [-0.1, -0.05) is 30.3 Å². The molecule has 1 aromatic heterocycles. The van der Waals surface area contributed by atoms with Gasteiger partial charge in [0.25, 0.3) is 5.56 Å². The van der Waals surface area contributed by atoms with Gasteiger partial charge >= 0.3 is 11.9 Å². The number of methoxy groups -OCH3 is 1. The zero-order valence-corrected chi connectivity index (χ0v) is 16.9. The van der Waals surface area contributed by atoms with Crippen molar-refractivity contribution in [1.82, 2.24) is 9.55 Å². The Kier molecular flexibility index (Phi) is 7.10. The predicted octanol–water partition coefficient (Wildman–Crippen LogP) is 0.576. The molecule has 0 N–H and O–H groups in total. The van der Waals surface area contributed by atoms with Gasteiger partial charge in [0.1, 0.15) is 13.2 Å². The summed E-state index contributed by atoms with van der Waals surface area (Å²) in [6.07, 6.45) is 0.794. The second kappa shape index (κ2) is 9.32. The third-order valence-corrected chi connectivity index (χ3v) is 4.61. The van der Waals surface area contributed by atoms with Crippen LogP contribution < -0.4 is 10.3 Å². The van der Waals surface area contributed by atoms with Crippen LogP contribution in [0.4, 0.5) is 0 Å². The van der Waals surface area contributed by atoms with Crippen LogP contribution >= 0.6 is 0 Å². The molecule has 2 aromatic rings. The summed E-state index contributed by atoms with van der Waals surface area (Å²) in [4.78, 5) is 40.7. The first-order valence-corrected chi connectivity index (χ1v) is 10.3. The molecule has 0 bridgehead atoms. The Bertz CT molecular complexity index is 1060. The maximum absolute atomic E-state index is 13.0. The average Bonchev–Trinajstić information content (AvgIpc) is 2.68. The Labute approximate surface area is 167 Å². The minimum atomic E-state index is -4.08. The molecule has 0 fully saturated rings. The number of benzene rings is 1. The second-order valence-electron chi connectivity index (χ2n) is 5.81. The number of hydrogen-bond acceptors (Lipinski definition) is 9. The van der Waals surface area contributed by atoms with Crippen LogP contribution in [0.2, 0.25) is 0 Å². The SMILES string of the molecule is CCOC(=O)c1nc(S(C)(=O)=O)n(CC(=O)OC)c(=O)c1OCc1ccccc1. The van der Waals surface area contributed by atoms with Crippen LogP contribution in [-0.4, -0.2) is 49.9 Å². The van der Waals surface area contributed by atoms with Crippen molar-refractivity contribution in [3.8, 4) is 5.75 Å². The van der Waals surface area contributed by atoms with E-state index in [-0.39, 0.29) is 13.2 Å². The molecule has 0 atom stereocenters. The normalized spacial score (nSPS) is 11.0. The van der Waals surface area contributed by atoms with Gasteiger partial charge in [0.15, 0.2) is 5.69 Å². The van der Waals surface area contributed by atoms with E-state index < -0.39 is 50.5 Å². The molecule has 0 spiro atoms. The topological polar surface area (TPSA) is 131 Å². The van der Waals surface area contributed by atoms with Crippen molar-refractivity contribution in [2.45, 2.75) is 25.2 Å². The lowest BCUT2D eigenvalue weighted by atomic mass is 10.2. The van der Waals surface area contributed by atoms with E-state index in [4.69, 9.17) is 9.47 Å². The van der Waals surface area contributed by atoms with Gasteiger partial charge in [-0.15, -0.1) is 0 Å². The first-order valence-electron chi connectivity index (χ1n) is 8.44. The fourth-order valence-corrected chi connectivity index (χ4v) is 3.14. The Hall–Kier alpha value is -3.21. The van der Waals surface area contributed by atoms with Crippen molar-refractivity contribution in [2.75, 3.05) is 20.0 Å². The molecular formula is C18H20N2O8S. The van der Waals surface area contributed by atoms with Crippen LogP contribution in [0.25, 0.3) is 0 Å². The first-order chi connectivity index (χ1) is 13.7. The zero-order valence-electron chi connectivity index (χ0n) is 16.1. The molecule has 1 aromatic carbocycles. The van der Waals surface area contributed by atoms with Crippen molar-refractivity contribution in [3.05, 3.63) is 51.9 Å². The number of carbonyl (C=O) groups excluding carboxylic acids is 2. The standard InChI is InChI=1S/C18H20N2O8S/c1-4-27-17(23)14-15(28-11-12-8-6-5-7-9-12)16(22)20(10-13(21)26-2)18(19-14)29(3,24)25/h5-9H,4,10-11H2,1-3H3. The van der Waals surface area contributed by atoms with E-state index in [0.717, 1.165) is 13.4 Å². The smallest absolute Gasteiger partial charge is 0.361 e. The van der Waals surface area contributed by atoms with E-state index in [1.54, 1.807) is 37.3 Å². The minimum Gasteiger partial charge on any atom is -0.481 e. The van der Waals surface area contributed by atoms with E-state index >= 15 is 0 Å². The number of rotatable bonds is 8. The van der Waals surface area contributed by atoms with Gasteiger partial charge in [-0.2, -0.15) is 0 Å². The van der Waals surface area contributed by atoms with E-state index in [1.807, 2.05) is 0 Å². The molecule has 156 valence electrons. The Morgan fingerprint density at radius 3 is 2.38 bits per heavy atom. The largest absolute Gasteiger partial charge is 0.481 e. The maximum atomic E-state index is 13.0. The number of hydrogen-bond donors (Lipinski definition) is 0. The lowest BCUT2D eigenvalue weighted by Crippen LogP contribution is -2.33. The van der Waals surface area contributed by atoms with Gasteiger partial charge in [0, 0.05) is 6.26 Å². The third kappa shape index (κ3) is 5.41. The first kappa shape index (κ1) is 22.1. The number of sulfone groups is 1. The molecule has 0 aliphatic rings. The Morgan fingerprint density at radius 1 is 1.17 bits per heavy atom. The lowest BCUT2D eigenvalue weighted by Gasteiger charge is -2.15. The van der Waals surface area contributed by atoms with Crippen molar-refractivity contribution in [2.24, 2.45) is 0 Å². The van der Waals surface area contributed by atoms with Crippen LogP contribution in [0, 0.1) is 0 Å². The van der Waals surface area contributed by atoms with Crippen LogP contribution in [-0.2, 0) is 37.3 Å². The zero-order chi connectivity index (χ0) is 21.6. The molecule has 0 saturated heterocycles. The number of aromatic nitrogens is 2. The van der Waals surface area contributed by atoms with E-state index in [0.29, 0.717) is 10.1 Å². The summed E-state index contributed by atoms with van der Waals surface area (Å²) in [5.74, 6) is -2.43. The lowest BCUT2D eigenvalue weighted by molar-refractivity contribution is -0.141. The number of carbonyl (C=O) groups is 2. The fraction of sp³-hybridized carbons (Fsp3) is 0.333. The van der Waals surface area contributed by atoms with Crippen LogP contribution in [0.1, 0.15) is 23.0 Å². The molecule has 0 radical (unpaired) electrons. The van der Waals surface area contributed by atoms with Crippen LogP contribution in [0.3, 0.4) is 0 Å². The van der Waals surface area contributed by atoms with Crippen molar-refractivity contribution < 1.29 is 32.2 Å². The van der Waals surface area contributed by atoms with E-state index in [9.17, 15) is 22.8 Å². The number of ether oxygens (including phenoxy) is 3. The molecule has 0 aliphatic carbocycles.